The molecule has 2 aliphatic carbocycles. The fourth-order valence-corrected chi connectivity index (χ4v) is 5.04. The molecule has 4 rings (SSSR count). The summed E-state index contributed by atoms with van der Waals surface area (Å²) in [4.78, 5) is 15.1. The third kappa shape index (κ3) is 2.02. The molecule has 2 fully saturated rings. The summed E-state index contributed by atoms with van der Waals surface area (Å²) >= 11 is 0. The molecule has 4 nitrogen and oxygen atoms in total. The lowest BCUT2D eigenvalue weighted by Gasteiger charge is -2.29. The van der Waals surface area contributed by atoms with E-state index < -0.39 is 0 Å². The zero-order valence-electron chi connectivity index (χ0n) is 12.9. The molecule has 1 aliphatic heterocycles. The van der Waals surface area contributed by atoms with Gasteiger partial charge in [0.2, 0.25) is 5.91 Å². The summed E-state index contributed by atoms with van der Waals surface area (Å²) in [6.45, 7) is 4.34. The molecule has 0 spiro atoms. The summed E-state index contributed by atoms with van der Waals surface area (Å²) in [5.41, 5.74) is 2.94. The predicted octanol–water partition coefficient (Wildman–Crippen LogP) is 2.55. The minimum absolute atomic E-state index is 0.172. The van der Waals surface area contributed by atoms with Gasteiger partial charge in [-0.1, -0.05) is 13.3 Å². The monoisotopic (exact) mass is 287 g/mol. The Kier molecular flexibility index (Phi) is 3.09. The number of H-pyrrole nitrogens is 1. The highest BCUT2D eigenvalue weighted by atomic mass is 16.2. The Balaban J connectivity index is 1.47. The largest absolute Gasteiger partial charge is 0.342 e. The van der Waals surface area contributed by atoms with E-state index in [1.54, 1.807) is 0 Å². The molecule has 3 atom stereocenters. The van der Waals surface area contributed by atoms with Gasteiger partial charge in [0.1, 0.15) is 0 Å². The molecule has 1 aromatic rings. The SMILES string of the molecule is CC[C@]12CCC[C@H]1CN(C(=O)C1CCc3cn[nH]c3C1)C2. The van der Waals surface area contributed by atoms with E-state index in [9.17, 15) is 4.79 Å². The minimum atomic E-state index is 0.172. The van der Waals surface area contributed by atoms with Crippen molar-refractivity contribution in [2.75, 3.05) is 13.1 Å². The second-order valence-electron chi connectivity index (χ2n) is 7.34. The van der Waals surface area contributed by atoms with E-state index in [1.807, 2.05) is 6.20 Å². The number of nitrogens with one attached hydrogen (secondary N) is 1. The molecule has 1 amide bonds. The minimum Gasteiger partial charge on any atom is -0.342 e. The maximum Gasteiger partial charge on any atom is 0.226 e. The van der Waals surface area contributed by atoms with Crippen LogP contribution < -0.4 is 0 Å². The van der Waals surface area contributed by atoms with Crippen molar-refractivity contribution < 1.29 is 4.79 Å². The third-order valence-electron chi connectivity index (χ3n) is 6.43. The Morgan fingerprint density at radius 2 is 2.43 bits per heavy atom. The van der Waals surface area contributed by atoms with E-state index in [4.69, 9.17) is 0 Å². The number of aryl methyl sites for hydroxylation is 1. The van der Waals surface area contributed by atoms with Crippen molar-refractivity contribution in [1.82, 2.24) is 15.1 Å². The van der Waals surface area contributed by atoms with Gasteiger partial charge in [0.05, 0.1) is 6.20 Å². The average Bonchev–Trinajstić information content (AvgIpc) is 3.18. The molecule has 0 bridgehead atoms. The van der Waals surface area contributed by atoms with Crippen molar-refractivity contribution in [3.63, 3.8) is 0 Å². The molecule has 0 aromatic carbocycles. The summed E-state index contributed by atoms with van der Waals surface area (Å²) in [6.07, 6.45) is 10.0. The first-order chi connectivity index (χ1) is 10.2. The number of rotatable bonds is 2. The molecule has 2 heterocycles. The van der Waals surface area contributed by atoms with Crippen LogP contribution >= 0.6 is 0 Å². The molecule has 114 valence electrons. The van der Waals surface area contributed by atoms with Gasteiger partial charge in [-0.25, -0.2) is 0 Å². The number of fused-ring (bicyclic) bond motifs is 2. The van der Waals surface area contributed by atoms with Gasteiger partial charge >= 0.3 is 0 Å². The first-order valence-corrected chi connectivity index (χ1v) is 8.52. The lowest BCUT2D eigenvalue weighted by molar-refractivity contribution is -0.135. The van der Waals surface area contributed by atoms with E-state index >= 15 is 0 Å². The average molecular weight is 287 g/mol. The Morgan fingerprint density at radius 1 is 1.52 bits per heavy atom. The fourth-order valence-electron chi connectivity index (χ4n) is 5.04. The van der Waals surface area contributed by atoms with Gasteiger partial charge in [0.15, 0.2) is 0 Å². The maximum absolute atomic E-state index is 12.9. The number of hydrogen-bond donors (Lipinski definition) is 1. The lowest BCUT2D eigenvalue weighted by Crippen LogP contribution is -2.38. The van der Waals surface area contributed by atoms with Crippen molar-refractivity contribution in [2.45, 2.75) is 51.9 Å². The number of likely N-dealkylation sites (tertiary alicyclic amines) is 1. The number of nitrogens with zero attached hydrogens (tertiary/aromatic N) is 2. The van der Waals surface area contributed by atoms with Crippen LogP contribution in [-0.4, -0.2) is 34.1 Å². The van der Waals surface area contributed by atoms with Crippen molar-refractivity contribution in [1.29, 1.82) is 0 Å². The van der Waals surface area contributed by atoms with Crippen molar-refractivity contribution in [3.05, 3.63) is 17.5 Å². The molecule has 1 unspecified atom stereocenters. The Hall–Kier alpha value is -1.32. The first-order valence-electron chi connectivity index (χ1n) is 8.52. The number of aromatic nitrogens is 2. The van der Waals surface area contributed by atoms with Crippen LogP contribution in [0.2, 0.25) is 0 Å². The van der Waals surface area contributed by atoms with Gasteiger partial charge in [0.25, 0.3) is 0 Å². The second kappa shape index (κ2) is 4.85. The van der Waals surface area contributed by atoms with Gasteiger partial charge in [-0.3, -0.25) is 9.89 Å². The van der Waals surface area contributed by atoms with Gasteiger partial charge in [0, 0.05) is 31.1 Å². The van der Waals surface area contributed by atoms with E-state index in [1.165, 1.54) is 36.9 Å². The van der Waals surface area contributed by atoms with Crippen LogP contribution in [0.1, 0.15) is 50.3 Å². The van der Waals surface area contributed by atoms with Crippen LogP contribution in [0.15, 0.2) is 6.20 Å². The molecule has 1 aromatic heterocycles. The molecule has 1 saturated carbocycles. The van der Waals surface area contributed by atoms with Gasteiger partial charge in [-0.2, -0.15) is 5.10 Å². The van der Waals surface area contributed by atoms with Crippen LogP contribution in [0.3, 0.4) is 0 Å². The van der Waals surface area contributed by atoms with E-state index in [-0.39, 0.29) is 5.92 Å². The van der Waals surface area contributed by atoms with Crippen LogP contribution in [0.5, 0.6) is 0 Å². The Labute approximate surface area is 126 Å². The second-order valence-corrected chi connectivity index (χ2v) is 7.34. The predicted molar refractivity (Wildman–Crippen MR) is 80.7 cm³/mol. The normalized spacial score (nSPS) is 34.8. The zero-order valence-corrected chi connectivity index (χ0v) is 12.9. The van der Waals surface area contributed by atoms with Gasteiger partial charge in [-0.05, 0) is 49.0 Å². The van der Waals surface area contributed by atoms with Crippen molar-refractivity contribution >= 4 is 5.91 Å². The molecule has 3 aliphatic rings. The van der Waals surface area contributed by atoms with Gasteiger partial charge < -0.3 is 4.90 Å². The number of carbonyl (C=O) groups is 1. The molecule has 4 heteroatoms. The quantitative estimate of drug-likeness (QED) is 0.909. The smallest absolute Gasteiger partial charge is 0.226 e. The summed E-state index contributed by atoms with van der Waals surface area (Å²) in [5, 5.41) is 7.19. The first kappa shape index (κ1) is 13.4. The number of carbonyl (C=O) groups excluding carboxylic acids is 1. The number of aromatic amines is 1. The van der Waals surface area contributed by atoms with E-state index in [0.717, 1.165) is 38.3 Å². The molecule has 1 saturated heterocycles. The molecule has 0 radical (unpaired) electrons. The molecular formula is C17H25N3O. The summed E-state index contributed by atoms with van der Waals surface area (Å²) in [7, 11) is 0. The summed E-state index contributed by atoms with van der Waals surface area (Å²) in [6, 6.07) is 0. The molecule has 1 N–H and O–H groups in total. The Morgan fingerprint density at radius 3 is 3.24 bits per heavy atom. The topological polar surface area (TPSA) is 49.0 Å². The Bertz CT molecular complexity index is 552. The summed E-state index contributed by atoms with van der Waals surface area (Å²) < 4.78 is 0. The summed E-state index contributed by atoms with van der Waals surface area (Å²) in [5.74, 6) is 1.33. The zero-order chi connectivity index (χ0) is 14.4. The van der Waals surface area contributed by atoms with Crippen molar-refractivity contribution in [3.8, 4) is 0 Å². The number of amides is 1. The van der Waals surface area contributed by atoms with Crippen molar-refractivity contribution in [2.24, 2.45) is 17.3 Å². The lowest BCUT2D eigenvalue weighted by atomic mass is 9.78. The third-order valence-corrected chi connectivity index (χ3v) is 6.43. The fraction of sp³-hybridized carbons (Fsp3) is 0.765. The van der Waals surface area contributed by atoms with E-state index in [2.05, 4.69) is 22.0 Å². The van der Waals surface area contributed by atoms with Gasteiger partial charge in [-0.15, -0.1) is 0 Å². The van der Waals surface area contributed by atoms with Crippen LogP contribution in [0, 0.1) is 17.3 Å². The van der Waals surface area contributed by atoms with Crippen LogP contribution in [0.4, 0.5) is 0 Å². The number of hydrogen-bond acceptors (Lipinski definition) is 2. The van der Waals surface area contributed by atoms with Crippen LogP contribution in [0.25, 0.3) is 0 Å². The maximum atomic E-state index is 12.9. The van der Waals surface area contributed by atoms with E-state index in [0.29, 0.717) is 11.3 Å². The highest BCUT2D eigenvalue weighted by molar-refractivity contribution is 5.80. The molecular weight excluding hydrogens is 262 g/mol. The molecule has 21 heavy (non-hydrogen) atoms. The highest BCUT2D eigenvalue weighted by Gasteiger charge is 2.49. The highest BCUT2D eigenvalue weighted by Crippen LogP contribution is 2.51. The van der Waals surface area contributed by atoms with Crippen LogP contribution in [-0.2, 0) is 17.6 Å². The standard InChI is InChI=1S/C17H25N3O/c1-2-17-7-3-4-14(17)10-20(11-17)16(21)12-5-6-13-9-18-19-15(13)8-12/h9,12,14H,2-8,10-11H2,1H3,(H,18,19)/t12?,14-,17+/m0/s1.